The summed E-state index contributed by atoms with van der Waals surface area (Å²) in [6.07, 6.45) is 2.23. The average Bonchev–Trinajstić information content (AvgIpc) is 2.64. The fourth-order valence-electron chi connectivity index (χ4n) is 2.13. The lowest BCUT2D eigenvalue weighted by molar-refractivity contribution is 0.345. The summed E-state index contributed by atoms with van der Waals surface area (Å²) in [5.41, 5.74) is 0. The van der Waals surface area contributed by atoms with E-state index in [9.17, 15) is 8.42 Å². The van der Waals surface area contributed by atoms with Crippen molar-refractivity contribution in [3.8, 4) is 0 Å². The number of aromatic nitrogens is 2. The maximum absolute atomic E-state index is 11.5. The smallest absolute Gasteiger partial charge is 0.227 e. The number of nitrogens with one attached hydrogen (secondary N) is 1. The van der Waals surface area contributed by atoms with Crippen LogP contribution in [0.2, 0.25) is 0 Å². The highest BCUT2D eigenvalue weighted by Gasteiger charge is 2.26. The summed E-state index contributed by atoms with van der Waals surface area (Å²) in [4.78, 5) is 4.21. The first-order chi connectivity index (χ1) is 8.09. The van der Waals surface area contributed by atoms with E-state index in [2.05, 4.69) is 15.5 Å². The van der Waals surface area contributed by atoms with Crippen molar-refractivity contribution in [3.05, 3.63) is 11.7 Å². The molecule has 0 radical (unpaired) electrons. The van der Waals surface area contributed by atoms with Crippen LogP contribution in [0, 0.1) is 5.92 Å². The van der Waals surface area contributed by atoms with Gasteiger partial charge in [-0.2, -0.15) is 4.98 Å². The van der Waals surface area contributed by atoms with Gasteiger partial charge in [-0.25, -0.2) is 8.42 Å². The summed E-state index contributed by atoms with van der Waals surface area (Å²) in [7, 11) is -1.05. The van der Waals surface area contributed by atoms with Gasteiger partial charge in [0, 0.05) is 6.42 Å². The molecule has 1 saturated heterocycles. The van der Waals surface area contributed by atoms with E-state index in [0.717, 1.165) is 12.8 Å². The van der Waals surface area contributed by atoms with Crippen LogP contribution in [-0.4, -0.2) is 37.1 Å². The minimum atomic E-state index is -2.86. The summed E-state index contributed by atoms with van der Waals surface area (Å²) in [6, 6.07) is 0. The highest BCUT2D eigenvalue weighted by atomic mass is 32.2. The molecule has 0 aromatic carbocycles. The first kappa shape index (κ1) is 12.5. The van der Waals surface area contributed by atoms with E-state index >= 15 is 0 Å². The van der Waals surface area contributed by atoms with Gasteiger partial charge >= 0.3 is 0 Å². The molecular weight excluding hydrogens is 242 g/mol. The zero-order chi connectivity index (χ0) is 12.3. The summed E-state index contributed by atoms with van der Waals surface area (Å²) in [5.74, 6) is 1.84. The molecule has 0 saturated carbocycles. The predicted octanol–water partition coefficient (Wildman–Crippen LogP) is 0.156. The molecule has 17 heavy (non-hydrogen) atoms. The fourth-order valence-corrected chi connectivity index (χ4v) is 3.90. The van der Waals surface area contributed by atoms with Gasteiger partial charge in [0.2, 0.25) is 5.89 Å². The van der Waals surface area contributed by atoms with E-state index in [0.29, 0.717) is 30.4 Å². The van der Waals surface area contributed by atoms with Gasteiger partial charge in [0.05, 0.1) is 18.1 Å². The van der Waals surface area contributed by atoms with Crippen LogP contribution in [0.15, 0.2) is 4.52 Å². The number of hydrogen-bond donors (Lipinski definition) is 1. The molecule has 1 aliphatic rings. The molecule has 0 bridgehead atoms. The molecule has 1 aromatic heterocycles. The Morgan fingerprint density at radius 2 is 2.35 bits per heavy atom. The molecular formula is C10H17N3O3S. The summed E-state index contributed by atoms with van der Waals surface area (Å²) in [6.45, 7) is 0.562. The van der Waals surface area contributed by atoms with Crippen molar-refractivity contribution in [1.29, 1.82) is 0 Å². The van der Waals surface area contributed by atoms with Crippen molar-refractivity contribution in [3.63, 3.8) is 0 Å². The number of hydrogen-bond acceptors (Lipinski definition) is 6. The second-order valence-corrected chi connectivity index (χ2v) is 6.69. The Bertz CT molecular complexity index is 469. The van der Waals surface area contributed by atoms with Crippen molar-refractivity contribution < 1.29 is 12.9 Å². The van der Waals surface area contributed by atoms with Gasteiger partial charge in [-0.15, -0.1) is 0 Å². The number of sulfone groups is 1. The van der Waals surface area contributed by atoms with Crippen LogP contribution in [0.25, 0.3) is 0 Å². The third kappa shape index (κ3) is 3.50. The monoisotopic (exact) mass is 259 g/mol. The van der Waals surface area contributed by atoms with E-state index in [1.807, 2.05) is 7.05 Å². The minimum Gasteiger partial charge on any atom is -0.339 e. The predicted molar refractivity (Wildman–Crippen MR) is 62.1 cm³/mol. The molecule has 6 nitrogen and oxygen atoms in total. The van der Waals surface area contributed by atoms with E-state index in [-0.39, 0.29) is 11.7 Å². The maximum Gasteiger partial charge on any atom is 0.227 e. The van der Waals surface area contributed by atoms with Crippen LogP contribution in [0.3, 0.4) is 0 Å². The van der Waals surface area contributed by atoms with E-state index in [1.54, 1.807) is 0 Å². The Labute approximate surface area is 101 Å². The molecule has 1 aliphatic heterocycles. The van der Waals surface area contributed by atoms with Crippen LogP contribution >= 0.6 is 0 Å². The Kier molecular flexibility index (Phi) is 3.78. The molecule has 1 atom stereocenters. The summed E-state index contributed by atoms with van der Waals surface area (Å²) in [5, 5.41) is 6.74. The van der Waals surface area contributed by atoms with E-state index < -0.39 is 9.84 Å². The van der Waals surface area contributed by atoms with Crippen molar-refractivity contribution >= 4 is 9.84 Å². The lowest BCUT2D eigenvalue weighted by Crippen LogP contribution is -2.26. The Hall–Kier alpha value is -0.950. The van der Waals surface area contributed by atoms with Gasteiger partial charge < -0.3 is 9.84 Å². The van der Waals surface area contributed by atoms with E-state index in [1.165, 1.54) is 0 Å². The quantitative estimate of drug-likeness (QED) is 0.829. The van der Waals surface area contributed by atoms with Gasteiger partial charge in [0.15, 0.2) is 15.7 Å². The van der Waals surface area contributed by atoms with Crippen molar-refractivity contribution in [2.45, 2.75) is 25.8 Å². The normalized spacial score (nSPS) is 23.7. The molecule has 1 aromatic rings. The SMILES string of the molecule is CNCc1noc(CC2CCCS(=O)(=O)C2)n1. The molecule has 1 fully saturated rings. The van der Waals surface area contributed by atoms with Crippen molar-refractivity contribution in [2.75, 3.05) is 18.6 Å². The Morgan fingerprint density at radius 3 is 3.06 bits per heavy atom. The average molecular weight is 259 g/mol. The number of rotatable bonds is 4. The second-order valence-electron chi connectivity index (χ2n) is 4.46. The molecule has 2 rings (SSSR count). The standard InChI is InChI=1S/C10H17N3O3S/c1-11-6-9-12-10(16-13-9)5-8-3-2-4-17(14,15)7-8/h8,11H,2-7H2,1H3. The maximum atomic E-state index is 11.5. The summed E-state index contributed by atoms with van der Waals surface area (Å²) < 4.78 is 28.1. The molecule has 0 spiro atoms. The second kappa shape index (κ2) is 5.14. The molecule has 0 aliphatic carbocycles. The summed E-state index contributed by atoms with van der Waals surface area (Å²) >= 11 is 0. The third-order valence-corrected chi connectivity index (χ3v) is 4.76. The lowest BCUT2D eigenvalue weighted by Gasteiger charge is -2.19. The van der Waals surface area contributed by atoms with Crippen LogP contribution < -0.4 is 5.32 Å². The molecule has 0 amide bonds. The molecule has 1 N–H and O–H groups in total. The third-order valence-electron chi connectivity index (χ3n) is 2.87. The lowest BCUT2D eigenvalue weighted by atomic mass is 10.0. The Morgan fingerprint density at radius 1 is 1.53 bits per heavy atom. The van der Waals surface area contributed by atoms with Gasteiger partial charge in [-0.3, -0.25) is 0 Å². The zero-order valence-corrected chi connectivity index (χ0v) is 10.7. The van der Waals surface area contributed by atoms with Gasteiger partial charge in [-0.1, -0.05) is 5.16 Å². The van der Waals surface area contributed by atoms with Gasteiger partial charge in [0.25, 0.3) is 0 Å². The van der Waals surface area contributed by atoms with Crippen molar-refractivity contribution in [1.82, 2.24) is 15.5 Å². The van der Waals surface area contributed by atoms with Gasteiger partial charge in [-0.05, 0) is 25.8 Å². The minimum absolute atomic E-state index is 0.122. The fraction of sp³-hybridized carbons (Fsp3) is 0.800. The van der Waals surface area contributed by atoms with Crippen LogP contribution in [0.5, 0.6) is 0 Å². The molecule has 1 unspecified atom stereocenters. The molecule has 2 heterocycles. The van der Waals surface area contributed by atoms with Crippen LogP contribution in [-0.2, 0) is 22.8 Å². The molecule has 7 heteroatoms. The highest BCUT2D eigenvalue weighted by Crippen LogP contribution is 2.21. The zero-order valence-electron chi connectivity index (χ0n) is 9.85. The highest BCUT2D eigenvalue weighted by molar-refractivity contribution is 7.91. The first-order valence-electron chi connectivity index (χ1n) is 5.75. The Balaban J connectivity index is 1.95. The van der Waals surface area contributed by atoms with Crippen molar-refractivity contribution in [2.24, 2.45) is 5.92 Å². The topological polar surface area (TPSA) is 85.1 Å². The largest absolute Gasteiger partial charge is 0.339 e. The first-order valence-corrected chi connectivity index (χ1v) is 7.57. The van der Waals surface area contributed by atoms with Crippen LogP contribution in [0.4, 0.5) is 0 Å². The molecule has 96 valence electrons. The van der Waals surface area contributed by atoms with Crippen LogP contribution in [0.1, 0.15) is 24.6 Å². The van der Waals surface area contributed by atoms with E-state index in [4.69, 9.17) is 4.52 Å². The van der Waals surface area contributed by atoms with Gasteiger partial charge in [0.1, 0.15) is 0 Å². The number of nitrogens with zero attached hydrogens (tertiary/aromatic N) is 2.